The van der Waals surface area contributed by atoms with Crippen molar-refractivity contribution >= 4 is 0 Å². The average Bonchev–Trinajstić information content (AvgIpc) is 2.21. The minimum Gasteiger partial charge on any atom is -0.204 e. The molecular weight excluding hydrogens is 182 g/mol. The summed E-state index contributed by atoms with van der Waals surface area (Å²) >= 11 is 0. The summed E-state index contributed by atoms with van der Waals surface area (Å²) < 4.78 is 24.8. The number of hydrogen-bond donors (Lipinski definition) is 0. The molecule has 0 aliphatic heterocycles. The van der Waals surface area contributed by atoms with E-state index in [1.165, 1.54) is 12.1 Å². The van der Waals surface area contributed by atoms with Gasteiger partial charge in [0.2, 0.25) is 0 Å². The van der Waals surface area contributed by atoms with Crippen molar-refractivity contribution in [1.29, 1.82) is 0 Å². The molecule has 1 aromatic carbocycles. The first kappa shape index (κ1) is 15.5. The lowest BCUT2D eigenvalue weighted by atomic mass is 10.1. The number of hydrogen-bond acceptors (Lipinski definition) is 0. The first-order valence-corrected chi connectivity index (χ1v) is 5.03. The van der Waals surface area contributed by atoms with E-state index in [9.17, 15) is 8.78 Å². The first-order valence-electron chi connectivity index (χ1n) is 5.03. The summed E-state index contributed by atoms with van der Waals surface area (Å²) in [7, 11) is 0. The van der Waals surface area contributed by atoms with Crippen LogP contribution in [0.2, 0.25) is 0 Å². The maximum Gasteiger partial charge on any atom is 0.159 e. The van der Waals surface area contributed by atoms with Crippen LogP contribution < -0.4 is 0 Å². The van der Waals surface area contributed by atoms with Crippen LogP contribution in [-0.2, 0) is 0 Å². The summed E-state index contributed by atoms with van der Waals surface area (Å²) in [5.74, 6) is -1.55. The van der Waals surface area contributed by atoms with Crippen LogP contribution in [0.4, 0.5) is 8.78 Å². The van der Waals surface area contributed by atoms with E-state index in [1.54, 1.807) is 13.8 Å². The normalized spacial score (nSPS) is 8.00. The lowest BCUT2D eigenvalue weighted by Crippen LogP contribution is -1.88. The SMILES string of the molecule is CC.CC.Cc1cc(F)c(F)cc1C. The van der Waals surface area contributed by atoms with Crippen molar-refractivity contribution in [3.8, 4) is 0 Å². The molecule has 1 rings (SSSR count). The van der Waals surface area contributed by atoms with E-state index < -0.39 is 11.6 Å². The second-order valence-corrected chi connectivity index (χ2v) is 2.35. The number of rotatable bonds is 0. The van der Waals surface area contributed by atoms with Crippen molar-refractivity contribution in [2.24, 2.45) is 0 Å². The maximum absolute atomic E-state index is 12.4. The molecule has 0 nitrogen and oxygen atoms in total. The average molecular weight is 202 g/mol. The summed E-state index contributed by atoms with van der Waals surface area (Å²) in [6.45, 7) is 11.5. The van der Waals surface area contributed by atoms with E-state index in [2.05, 4.69) is 0 Å². The Morgan fingerprint density at radius 3 is 1.14 bits per heavy atom. The van der Waals surface area contributed by atoms with Crippen LogP contribution in [0.3, 0.4) is 0 Å². The zero-order valence-electron chi connectivity index (χ0n) is 9.91. The third-order valence-corrected chi connectivity index (χ3v) is 1.54. The van der Waals surface area contributed by atoms with Crippen molar-refractivity contribution in [3.05, 3.63) is 34.9 Å². The maximum atomic E-state index is 12.4. The van der Waals surface area contributed by atoms with Gasteiger partial charge in [0.05, 0.1) is 0 Å². The Morgan fingerprint density at radius 2 is 0.929 bits per heavy atom. The van der Waals surface area contributed by atoms with E-state index >= 15 is 0 Å². The van der Waals surface area contributed by atoms with Crippen LogP contribution in [0, 0.1) is 25.5 Å². The van der Waals surface area contributed by atoms with E-state index in [0.29, 0.717) is 0 Å². The smallest absolute Gasteiger partial charge is 0.159 e. The van der Waals surface area contributed by atoms with Crippen molar-refractivity contribution in [1.82, 2.24) is 0 Å². The van der Waals surface area contributed by atoms with Crippen LogP contribution in [-0.4, -0.2) is 0 Å². The molecule has 0 spiro atoms. The topological polar surface area (TPSA) is 0 Å². The van der Waals surface area contributed by atoms with Gasteiger partial charge in [0, 0.05) is 0 Å². The molecule has 82 valence electrons. The van der Waals surface area contributed by atoms with Gasteiger partial charge in [-0.25, -0.2) is 8.78 Å². The molecule has 0 aliphatic rings. The van der Waals surface area contributed by atoms with Crippen molar-refractivity contribution < 1.29 is 8.78 Å². The summed E-state index contributed by atoms with van der Waals surface area (Å²) in [6.07, 6.45) is 0. The quantitative estimate of drug-likeness (QED) is 0.575. The predicted octanol–water partition coefficient (Wildman–Crippen LogP) is 4.63. The van der Waals surface area contributed by atoms with Gasteiger partial charge >= 0.3 is 0 Å². The van der Waals surface area contributed by atoms with Gasteiger partial charge in [-0.15, -0.1) is 0 Å². The molecule has 0 N–H and O–H groups in total. The molecule has 2 heteroatoms. The molecule has 0 saturated heterocycles. The monoisotopic (exact) mass is 202 g/mol. The summed E-state index contributed by atoms with van der Waals surface area (Å²) in [4.78, 5) is 0. The molecule has 0 aliphatic carbocycles. The Kier molecular flexibility index (Phi) is 9.63. The molecule has 0 amide bonds. The molecule has 14 heavy (non-hydrogen) atoms. The molecule has 1 aromatic rings. The molecule has 0 fully saturated rings. The Labute approximate surface area is 86.0 Å². The number of aryl methyl sites for hydroxylation is 2. The zero-order valence-corrected chi connectivity index (χ0v) is 9.91. The molecule has 0 saturated carbocycles. The highest BCUT2D eigenvalue weighted by Gasteiger charge is 2.02. The Bertz CT molecular complexity index is 204. The van der Waals surface area contributed by atoms with Crippen LogP contribution in [0.25, 0.3) is 0 Å². The van der Waals surface area contributed by atoms with Gasteiger partial charge in [0.25, 0.3) is 0 Å². The van der Waals surface area contributed by atoms with Gasteiger partial charge in [-0.1, -0.05) is 27.7 Å². The van der Waals surface area contributed by atoms with E-state index in [0.717, 1.165) is 11.1 Å². The van der Waals surface area contributed by atoms with Crippen LogP contribution in [0.15, 0.2) is 12.1 Å². The fourth-order valence-corrected chi connectivity index (χ4v) is 0.746. The molecular formula is C12H20F2. The molecule has 0 aromatic heterocycles. The lowest BCUT2D eigenvalue weighted by Gasteiger charge is -1.98. The molecule has 0 unspecified atom stereocenters. The highest BCUT2D eigenvalue weighted by atomic mass is 19.2. The largest absolute Gasteiger partial charge is 0.204 e. The van der Waals surface area contributed by atoms with E-state index in [4.69, 9.17) is 0 Å². The standard InChI is InChI=1S/C8H8F2.2C2H6/c1-5-3-7(9)8(10)4-6(5)2;2*1-2/h3-4H,1-2H3;2*1-2H3. The van der Waals surface area contributed by atoms with Gasteiger partial charge < -0.3 is 0 Å². The summed E-state index contributed by atoms with van der Waals surface area (Å²) in [5.41, 5.74) is 1.55. The highest BCUT2D eigenvalue weighted by Crippen LogP contribution is 2.12. The fraction of sp³-hybridized carbons (Fsp3) is 0.500. The van der Waals surface area contributed by atoms with Crippen molar-refractivity contribution in [3.63, 3.8) is 0 Å². The fourth-order valence-electron chi connectivity index (χ4n) is 0.746. The van der Waals surface area contributed by atoms with Gasteiger partial charge in [0.1, 0.15) is 0 Å². The minimum absolute atomic E-state index is 0.775. The van der Waals surface area contributed by atoms with Crippen molar-refractivity contribution in [2.45, 2.75) is 41.5 Å². The summed E-state index contributed by atoms with van der Waals surface area (Å²) in [6, 6.07) is 2.40. The van der Waals surface area contributed by atoms with Gasteiger partial charge in [-0.05, 0) is 37.1 Å². The Morgan fingerprint density at radius 1 is 0.714 bits per heavy atom. The minimum atomic E-state index is -0.775. The predicted molar refractivity (Wildman–Crippen MR) is 58.5 cm³/mol. The van der Waals surface area contributed by atoms with Gasteiger partial charge in [0.15, 0.2) is 11.6 Å². The lowest BCUT2D eigenvalue weighted by molar-refractivity contribution is 0.507. The number of benzene rings is 1. The second kappa shape index (κ2) is 8.67. The van der Waals surface area contributed by atoms with Crippen molar-refractivity contribution in [2.75, 3.05) is 0 Å². The van der Waals surface area contributed by atoms with Crippen LogP contribution in [0.1, 0.15) is 38.8 Å². The van der Waals surface area contributed by atoms with E-state index in [-0.39, 0.29) is 0 Å². The Hall–Kier alpha value is -0.920. The summed E-state index contributed by atoms with van der Waals surface area (Å²) in [5, 5.41) is 0. The van der Waals surface area contributed by atoms with Crippen LogP contribution >= 0.6 is 0 Å². The molecule has 0 heterocycles. The molecule has 0 bridgehead atoms. The third kappa shape index (κ3) is 4.95. The number of halogens is 2. The van der Waals surface area contributed by atoms with Crippen LogP contribution in [0.5, 0.6) is 0 Å². The first-order chi connectivity index (χ1) is 6.61. The highest BCUT2D eigenvalue weighted by molar-refractivity contribution is 5.25. The van der Waals surface area contributed by atoms with Gasteiger partial charge in [-0.2, -0.15) is 0 Å². The van der Waals surface area contributed by atoms with E-state index in [1.807, 2.05) is 27.7 Å². The Balaban J connectivity index is 0. The second-order valence-electron chi connectivity index (χ2n) is 2.35. The zero-order chi connectivity index (χ0) is 11.7. The molecule has 0 atom stereocenters. The van der Waals surface area contributed by atoms with Gasteiger partial charge in [-0.3, -0.25) is 0 Å². The third-order valence-electron chi connectivity index (χ3n) is 1.54. The molecule has 0 radical (unpaired) electrons.